The molecule has 1 aromatic heterocycles. The summed E-state index contributed by atoms with van der Waals surface area (Å²) in [5.74, 6) is 0. The molecule has 1 rings (SSSR count). The van der Waals surface area contributed by atoms with E-state index < -0.39 is 0 Å². The second-order valence-electron chi connectivity index (χ2n) is 4.16. The van der Waals surface area contributed by atoms with Crippen LogP contribution in [0.5, 0.6) is 0 Å². The lowest BCUT2D eigenvalue weighted by Gasteiger charge is -2.19. The predicted molar refractivity (Wildman–Crippen MR) is 57.9 cm³/mol. The fraction of sp³-hybridized carbons (Fsp3) is 0.667. The Kier molecular flexibility index (Phi) is 2.93. The molecule has 0 unspecified atom stereocenters. The molecule has 0 saturated heterocycles. The molecule has 0 amide bonds. The van der Waals surface area contributed by atoms with E-state index in [0.29, 0.717) is 5.13 Å². The smallest absolute Gasteiger partial charge is 0.180 e. The topological polar surface area (TPSA) is 50.9 Å². The van der Waals surface area contributed by atoms with Crippen molar-refractivity contribution >= 4 is 16.5 Å². The predicted octanol–water partition coefficient (Wildman–Crippen LogP) is 1.92. The van der Waals surface area contributed by atoms with E-state index >= 15 is 0 Å². The van der Waals surface area contributed by atoms with Gasteiger partial charge in [-0.25, -0.2) is 4.98 Å². The van der Waals surface area contributed by atoms with Gasteiger partial charge in [-0.1, -0.05) is 0 Å². The van der Waals surface area contributed by atoms with Gasteiger partial charge in [0, 0.05) is 17.0 Å². The molecule has 0 atom stereocenters. The summed E-state index contributed by atoms with van der Waals surface area (Å²) < 4.78 is 0. The Bertz CT molecular complexity index is 286. The van der Waals surface area contributed by atoms with E-state index in [1.807, 2.05) is 6.92 Å². The molecule has 0 aromatic carbocycles. The molecule has 1 aromatic rings. The van der Waals surface area contributed by atoms with Crippen molar-refractivity contribution in [3.05, 3.63) is 10.6 Å². The molecule has 0 aliphatic heterocycles. The number of nitrogens with zero attached hydrogens (tertiary/aromatic N) is 1. The van der Waals surface area contributed by atoms with Gasteiger partial charge >= 0.3 is 0 Å². The van der Waals surface area contributed by atoms with Gasteiger partial charge < -0.3 is 11.1 Å². The maximum atomic E-state index is 5.60. The molecule has 0 radical (unpaired) electrons. The van der Waals surface area contributed by atoms with Crippen molar-refractivity contribution in [1.82, 2.24) is 10.3 Å². The van der Waals surface area contributed by atoms with Crippen LogP contribution >= 0.6 is 11.3 Å². The number of hydrogen-bond acceptors (Lipinski definition) is 4. The molecule has 0 aliphatic rings. The standard InChI is InChI=1S/C9H17N3S/c1-6-7(13-8(10)12-6)5-11-9(2,3)4/h11H,5H2,1-4H3,(H2,10,12). The Hall–Kier alpha value is -0.610. The highest BCUT2D eigenvalue weighted by Gasteiger charge is 2.11. The van der Waals surface area contributed by atoms with Crippen LogP contribution < -0.4 is 11.1 Å². The summed E-state index contributed by atoms with van der Waals surface area (Å²) in [6.07, 6.45) is 0. The molecule has 1 heterocycles. The van der Waals surface area contributed by atoms with Crippen molar-refractivity contribution in [3.63, 3.8) is 0 Å². The highest BCUT2D eigenvalue weighted by Crippen LogP contribution is 2.19. The van der Waals surface area contributed by atoms with Gasteiger partial charge in [-0.2, -0.15) is 0 Å². The fourth-order valence-corrected chi connectivity index (χ4v) is 1.73. The second-order valence-corrected chi connectivity index (χ2v) is 5.28. The van der Waals surface area contributed by atoms with Crippen molar-refractivity contribution < 1.29 is 0 Å². The van der Waals surface area contributed by atoms with Crippen LogP contribution in [-0.4, -0.2) is 10.5 Å². The lowest BCUT2D eigenvalue weighted by atomic mass is 10.1. The van der Waals surface area contributed by atoms with E-state index in [2.05, 4.69) is 31.1 Å². The van der Waals surface area contributed by atoms with Crippen LogP contribution in [0, 0.1) is 6.92 Å². The molecule has 13 heavy (non-hydrogen) atoms. The Morgan fingerprint density at radius 1 is 1.46 bits per heavy atom. The zero-order valence-corrected chi connectivity index (χ0v) is 9.46. The molecular weight excluding hydrogens is 182 g/mol. The van der Waals surface area contributed by atoms with Crippen LogP contribution in [0.3, 0.4) is 0 Å². The zero-order chi connectivity index (χ0) is 10.1. The summed E-state index contributed by atoms with van der Waals surface area (Å²) in [6, 6.07) is 0. The molecule has 0 fully saturated rings. The van der Waals surface area contributed by atoms with Gasteiger partial charge in [0.15, 0.2) is 5.13 Å². The summed E-state index contributed by atoms with van der Waals surface area (Å²) in [5.41, 5.74) is 6.78. The average molecular weight is 199 g/mol. The summed E-state index contributed by atoms with van der Waals surface area (Å²) in [7, 11) is 0. The van der Waals surface area contributed by atoms with Crippen LogP contribution in [0.25, 0.3) is 0 Å². The molecule has 3 nitrogen and oxygen atoms in total. The van der Waals surface area contributed by atoms with Crippen LogP contribution in [0.15, 0.2) is 0 Å². The Balaban J connectivity index is 2.59. The third-order valence-corrected chi connectivity index (χ3v) is 2.68. The van der Waals surface area contributed by atoms with Gasteiger partial charge in [0.05, 0.1) is 5.69 Å². The van der Waals surface area contributed by atoms with E-state index in [4.69, 9.17) is 5.73 Å². The van der Waals surface area contributed by atoms with E-state index in [-0.39, 0.29) is 5.54 Å². The Labute approximate surface area is 83.4 Å². The van der Waals surface area contributed by atoms with Gasteiger partial charge in [-0.3, -0.25) is 0 Å². The van der Waals surface area contributed by atoms with E-state index in [1.165, 1.54) is 4.88 Å². The van der Waals surface area contributed by atoms with Crippen molar-refractivity contribution in [1.29, 1.82) is 0 Å². The molecule has 0 aliphatic carbocycles. The third kappa shape index (κ3) is 3.32. The Morgan fingerprint density at radius 3 is 2.46 bits per heavy atom. The van der Waals surface area contributed by atoms with Crippen LogP contribution in [0.4, 0.5) is 5.13 Å². The first-order chi connectivity index (χ1) is 5.88. The number of hydrogen-bond donors (Lipinski definition) is 2. The highest BCUT2D eigenvalue weighted by atomic mass is 32.1. The van der Waals surface area contributed by atoms with Gasteiger partial charge in [-0.15, -0.1) is 11.3 Å². The monoisotopic (exact) mass is 199 g/mol. The summed E-state index contributed by atoms with van der Waals surface area (Å²) in [5, 5.41) is 4.06. The SMILES string of the molecule is Cc1nc(N)sc1CNC(C)(C)C. The number of nitrogens with one attached hydrogen (secondary N) is 1. The van der Waals surface area contributed by atoms with Gasteiger partial charge in [-0.05, 0) is 27.7 Å². The van der Waals surface area contributed by atoms with Crippen molar-refractivity contribution in [3.8, 4) is 0 Å². The number of rotatable bonds is 2. The van der Waals surface area contributed by atoms with E-state index in [0.717, 1.165) is 12.2 Å². The molecule has 3 N–H and O–H groups in total. The number of aryl methyl sites for hydroxylation is 1. The largest absolute Gasteiger partial charge is 0.375 e. The van der Waals surface area contributed by atoms with E-state index in [9.17, 15) is 0 Å². The van der Waals surface area contributed by atoms with Gasteiger partial charge in [0.2, 0.25) is 0 Å². The van der Waals surface area contributed by atoms with Crippen molar-refractivity contribution in [2.75, 3.05) is 5.73 Å². The summed E-state index contributed by atoms with van der Waals surface area (Å²) >= 11 is 1.56. The normalized spacial score (nSPS) is 12.0. The van der Waals surface area contributed by atoms with Gasteiger partial charge in [0.1, 0.15) is 0 Å². The summed E-state index contributed by atoms with van der Waals surface area (Å²) in [4.78, 5) is 5.40. The number of thiazole rings is 1. The van der Waals surface area contributed by atoms with Crippen LogP contribution in [-0.2, 0) is 6.54 Å². The van der Waals surface area contributed by atoms with Gasteiger partial charge in [0.25, 0.3) is 0 Å². The molecular formula is C9H17N3S. The summed E-state index contributed by atoms with van der Waals surface area (Å²) in [6.45, 7) is 9.28. The first-order valence-corrected chi connectivity index (χ1v) is 5.17. The van der Waals surface area contributed by atoms with Crippen molar-refractivity contribution in [2.45, 2.75) is 39.8 Å². The van der Waals surface area contributed by atoms with Crippen LogP contribution in [0.2, 0.25) is 0 Å². The first-order valence-electron chi connectivity index (χ1n) is 4.35. The molecule has 4 heteroatoms. The minimum Gasteiger partial charge on any atom is -0.375 e. The number of nitrogen functional groups attached to an aromatic ring is 1. The molecule has 0 bridgehead atoms. The number of anilines is 1. The third-order valence-electron chi connectivity index (χ3n) is 1.69. The highest BCUT2D eigenvalue weighted by molar-refractivity contribution is 7.15. The molecule has 74 valence electrons. The first kappa shape index (κ1) is 10.5. The molecule has 0 saturated carbocycles. The minimum absolute atomic E-state index is 0.144. The Morgan fingerprint density at radius 2 is 2.08 bits per heavy atom. The minimum atomic E-state index is 0.144. The number of aromatic nitrogens is 1. The maximum absolute atomic E-state index is 5.60. The second kappa shape index (κ2) is 3.64. The van der Waals surface area contributed by atoms with Crippen LogP contribution in [0.1, 0.15) is 31.3 Å². The van der Waals surface area contributed by atoms with E-state index in [1.54, 1.807) is 11.3 Å². The lowest BCUT2D eigenvalue weighted by Crippen LogP contribution is -2.34. The quantitative estimate of drug-likeness (QED) is 0.765. The number of nitrogens with two attached hydrogens (primary N) is 1. The fourth-order valence-electron chi connectivity index (χ4n) is 0.960. The lowest BCUT2D eigenvalue weighted by molar-refractivity contribution is 0.425. The molecule has 0 spiro atoms. The van der Waals surface area contributed by atoms with Crippen molar-refractivity contribution in [2.24, 2.45) is 0 Å². The average Bonchev–Trinajstić information content (AvgIpc) is 2.24. The maximum Gasteiger partial charge on any atom is 0.180 e. The zero-order valence-electron chi connectivity index (χ0n) is 8.64.